The number of aromatic nitrogens is 3. The van der Waals surface area contributed by atoms with Gasteiger partial charge in [0.15, 0.2) is 5.13 Å². The van der Waals surface area contributed by atoms with Crippen molar-refractivity contribution >= 4 is 28.2 Å². The van der Waals surface area contributed by atoms with Gasteiger partial charge in [0, 0.05) is 32.5 Å². The Balaban J connectivity index is 1.93. The highest BCUT2D eigenvalue weighted by molar-refractivity contribution is 7.18. The number of hydrogen-bond donors (Lipinski definition) is 2. The van der Waals surface area contributed by atoms with Crippen LogP contribution in [0.15, 0.2) is 18.5 Å². The molecule has 0 aliphatic rings. The summed E-state index contributed by atoms with van der Waals surface area (Å²) < 4.78 is 1.76. The Morgan fingerprint density at radius 2 is 2.40 bits per heavy atom. The van der Waals surface area contributed by atoms with Gasteiger partial charge in [-0.15, -0.1) is 0 Å². The van der Waals surface area contributed by atoms with Gasteiger partial charge < -0.3 is 16.0 Å². The largest absolute Gasteiger partial charge is 0.382 e. The normalized spacial score (nSPS) is 10.5. The van der Waals surface area contributed by atoms with Crippen LogP contribution in [0, 0.1) is 0 Å². The summed E-state index contributed by atoms with van der Waals surface area (Å²) in [5, 5.41) is 7.64. The zero-order valence-electron chi connectivity index (χ0n) is 11.5. The molecule has 7 nitrogen and oxygen atoms in total. The molecule has 2 heterocycles. The lowest BCUT2D eigenvalue weighted by molar-refractivity contribution is 0.0956. The Hall–Kier alpha value is -2.09. The van der Waals surface area contributed by atoms with E-state index in [1.54, 1.807) is 10.9 Å². The van der Waals surface area contributed by atoms with E-state index in [1.807, 2.05) is 31.1 Å². The Morgan fingerprint density at radius 1 is 1.60 bits per heavy atom. The summed E-state index contributed by atoms with van der Waals surface area (Å²) in [6, 6.07) is 1.84. The van der Waals surface area contributed by atoms with Crippen molar-refractivity contribution in [2.75, 3.05) is 30.8 Å². The van der Waals surface area contributed by atoms with Gasteiger partial charge in [0.25, 0.3) is 5.91 Å². The quantitative estimate of drug-likeness (QED) is 0.823. The minimum absolute atomic E-state index is 0.192. The summed E-state index contributed by atoms with van der Waals surface area (Å²) in [6.07, 6.45) is 3.55. The summed E-state index contributed by atoms with van der Waals surface area (Å²) in [6.45, 7) is 3.95. The standard InChI is InChI=1S/C12H18N6OS/c1-3-17(2)12-16-10(13)9(20-12)11(19)14-6-8-18-7-4-5-15-18/h4-5,7H,3,6,8,13H2,1-2H3,(H,14,19). The molecular weight excluding hydrogens is 276 g/mol. The molecule has 0 saturated carbocycles. The van der Waals surface area contributed by atoms with Crippen LogP contribution in [-0.4, -0.2) is 40.8 Å². The number of rotatable bonds is 6. The summed E-state index contributed by atoms with van der Waals surface area (Å²) in [5.74, 6) is 0.0878. The zero-order valence-corrected chi connectivity index (χ0v) is 12.4. The van der Waals surface area contributed by atoms with E-state index in [1.165, 1.54) is 11.3 Å². The maximum absolute atomic E-state index is 12.0. The molecule has 0 fully saturated rings. The van der Waals surface area contributed by atoms with Crippen LogP contribution in [0.1, 0.15) is 16.6 Å². The summed E-state index contributed by atoms with van der Waals surface area (Å²) in [4.78, 5) is 18.7. The monoisotopic (exact) mass is 294 g/mol. The van der Waals surface area contributed by atoms with Crippen molar-refractivity contribution in [1.29, 1.82) is 0 Å². The van der Waals surface area contributed by atoms with Gasteiger partial charge in [0.2, 0.25) is 0 Å². The lowest BCUT2D eigenvalue weighted by Gasteiger charge is -2.10. The third-order valence-electron chi connectivity index (χ3n) is 2.83. The molecule has 0 aliphatic heterocycles. The highest BCUT2D eigenvalue weighted by Crippen LogP contribution is 2.26. The fraction of sp³-hybridized carbons (Fsp3) is 0.417. The third-order valence-corrected chi connectivity index (χ3v) is 4.02. The number of thiazole rings is 1. The highest BCUT2D eigenvalue weighted by atomic mass is 32.1. The lowest BCUT2D eigenvalue weighted by atomic mass is 10.4. The zero-order chi connectivity index (χ0) is 14.5. The van der Waals surface area contributed by atoms with Crippen molar-refractivity contribution in [3.63, 3.8) is 0 Å². The van der Waals surface area contributed by atoms with Crippen LogP contribution in [0.25, 0.3) is 0 Å². The second-order valence-electron chi connectivity index (χ2n) is 4.25. The summed E-state index contributed by atoms with van der Waals surface area (Å²) in [7, 11) is 1.91. The van der Waals surface area contributed by atoms with Crippen molar-refractivity contribution in [2.45, 2.75) is 13.5 Å². The van der Waals surface area contributed by atoms with Gasteiger partial charge in [0.1, 0.15) is 10.7 Å². The van der Waals surface area contributed by atoms with E-state index in [9.17, 15) is 4.79 Å². The molecule has 0 atom stereocenters. The molecule has 3 N–H and O–H groups in total. The first kappa shape index (κ1) is 14.3. The molecule has 0 aliphatic carbocycles. The van der Waals surface area contributed by atoms with Crippen LogP contribution in [0.3, 0.4) is 0 Å². The SMILES string of the molecule is CCN(C)c1nc(N)c(C(=O)NCCn2cccn2)s1. The number of amides is 1. The fourth-order valence-electron chi connectivity index (χ4n) is 1.58. The Labute approximate surface area is 121 Å². The van der Waals surface area contributed by atoms with Gasteiger partial charge in [-0.3, -0.25) is 9.48 Å². The maximum atomic E-state index is 12.0. The van der Waals surface area contributed by atoms with Gasteiger partial charge >= 0.3 is 0 Å². The average Bonchev–Trinajstić information content (AvgIpc) is 3.07. The van der Waals surface area contributed by atoms with Crippen molar-refractivity contribution in [3.05, 3.63) is 23.3 Å². The van der Waals surface area contributed by atoms with Crippen LogP contribution in [0.2, 0.25) is 0 Å². The maximum Gasteiger partial charge on any atom is 0.265 e. The van der Waals surface area contributed by atoms with E-state index in [4.69, 9.17) is 5.73 Å². The number of carbonyl (C=O) groups is 1. The van der Waals surface area contributed by atoms with Crippen LogP contribution in [0.4, 0.5) is 10.9 Å². The van der Waals surface area contributed by atoms with E-state index in [0.717, 1.165) is 11.7 Å². The van der Waals surface area contributed by atoms with Crippen LogP contribution in [-0.2, 0) is 6.54 Å². The van der Waals surface area contributed by atoms with Gasteiger partial charge in [-0.05, 0) is 13.0 Å². The molecule has 2 aromatic heterocycles. The molecule has 8 heteroatoms. The number of nitrogens with one attached hydrogen (secondary N) is 1. The van der Waals surface area contributed by atoms with E-state index in [2.05, 4.69) is 15.4 Å². The van der Waals surface area contributed by atoms with Crippen molar-refractivity contribution in [3.8, 4) is 0 Å². The van der Waals surface area contributed by atoms with Crippen LogP contribution < -0.4 is 16.0 Å². The van der Waals surface area contributed by atoms with Crippen LogP contribution >= 0.6 is 11.3 Å². The van der Waals surface area contributed by atoms with E-state index >= 15 is 0 Å². The molecule has 0 bridgehead atoms. The Kier molecular flexibility index (Phi) is 4.57. The number of anilines is 2. The van der Waals surface area contributed by atoms with Crippen molar-refractivity contribution in [1.82, 2.24) is 20.1 Å². The second kappa shape index (κ2) is 6.38. The lowest BCUT2D eigenvalue weighted by Crippen LogP contribution is -2.27. The Morgan fingerprint density at radius 3 is 3.05 bits per heavy atom. The van der Waals surface area contributed by atoms with E-state index < -0.39 is 0 Å². The molecule has 0 saturated heterocycles. The van der Waals surface area contributed by atoms with Gasteiger partial charge in [0.05, 0.1) is 6.54 Å². The highest BCUT2D eigenvalue weighted by Gasteiger charge is 2.17. The van der Waals surface area contributed by atoms with Crippen molar-refractivity contribution < 1.29 is 4.79 Å². The Bertz CT molecular complexity index is 565. The fourth-order valence-corrected chi connectivity index (χ4v) is 2.50. The molecule has 0 spiro atoms. The molecule has 20 heavy (non-hydrogen) atoms. The third kappa shape index (κ3) is 3.27. The molecule has 2 rings (SSSR count). The van der Waals surface area contributed by atoms with Gasteiger partial charge in [-0.1, -0.05) is 11.3 Å². The summed E-state index contributed by atoms with van der Waals surface area (Å²) >= 11 is 1.30. The molecular formula is C12H18N6OS. The molecule has 0 aromatic carbocycles. The van der Waals surface area contributed by atoms with Gasteiger partial charge in [-0.25, -0.2) is 4.98 Å². The predicted molar refractivity (Wildman–Crippen MR) is 80.0 cm³/mol. The average molecular weight is 294 g/mol. The number of nitrogens with two attached hydrogens (primary N) is 1. The van der Waals surface area contributed by atoms with Gasteiger partial charge in [-0.2, -0.15) is 5.10 Å². The summed E-state index contributed by atoms with van der Waals surface area (Å²) in [5.41, 5.74) is 5.80. The first-order chi connectivity index (χ1) is 9.61. The smallest absolute Gasteiger partial charge is 0.265 e. The predicted octanol–water partition coefficient (Wildman–Crippen LogP) is 0.808. The van der Waals surface area contributed by atoms with Crippen molar-refractivity contribution in [2.24, 2.45) is 0 Å². The number of hydrogen-bond acceptors (Lipinski definition) is 6. The first-order valence-corrected chi connectivity index (χ1v) is 7.16. The number of nitrogen functional groups attached to an aromatic ring is 1. The van der Waals surface area contributed by atoms with Crippen LogP contribution in [0.5, 0.6) is 0 Å². The molecule has 0 unspecified atom stereocenters. The first-order valence-electron chi connectivity index (χ1n) is 6.35. The molecule has 108 valence electrons. The topological polar surface area (TPSA) is 89.1 Å². The molecule has 0 radical (unpaired) electrons. The number of carbonyl (C=O) groups excluding carboxylic acids is 1. The minimum atomic E-state index is -0.192. The second-order valence-corrected chi connectivity index (χ2v) is 5.23. The minimum Gasteiger partial charge on any atom is -0.382 e. The van der Waals surface area contributed by atoms with E-state index in [0.29, 0.717) is 18.0 Å². The van der Waals surface area contributed by atoms with E-state index in [-0.39, 0.29) is 11.7 Å². The molecule has 1 amide bonds. The molecule has 2 aromatic rings. The number of nitrogens with zero attached hydrogens (tertiary/aromatic N) is 4.